The zero-order valence-corrected chi connectivity index (χ0v) is 31.0. The lowest BCUT2D eigenvalue weighted by molar-refractivity contribution is -0.147. The molecule has 4 aromatic rings. The number of hydrogen-bond acceptors (Lipinski definition) is 8. The molecule has 4 heterocycles. The summed E-state index contributed by atoms with van der Waals surface area (Å²) in [6.45, 7) is 6.41. The molecule has 9 nitrogen and oxygen atoms in total. The number of ketones is 1. The van der Waals surface area contributed by atoms with E-state index in [9.17, 15) is 19.5 Å². The van der Waals surface area contributed by atoms with E-state index in [-0.39, 0.29) is 42.5 Å². The van der Waals surface area contributed by atoms with Crippen LogP contribution in [0.5, 0.6) is 5.75 Å². The van der Waals surface area contributed by atoms with Crippen LogP contribution in [-0.2, 0) is 20.8 Å². The summed E-state index contributed by atoms with van der Waals surface area (Å²) in [6, 6.07) is 17.5. The molecule has 5 atom stereocenters. The minimum Gasteiger partial charge on any atom is -0.488 e. The third-order valence-corrected chi connectivity index (χ3v) is 11.6. The normalized spacial score (nSPS) is 26.0. The molecule has 2 N–H and O–H groups in total. The molecule has 1 aliphatic carbocycles. The molecule has 2 aromatic heterocycles. The van der Waals surface area contributed by atoms with Crippen LogP contribution in [0.15, 0.2) is 72.1 Å². The molecule has 272 valence electrons. The Morgan fingerprint density at radius 1 is 1.08 bits per heavy atom. The molecule has 0 bridgehead atoms. The van der Waals surface area contributed by atoms with E-state index in [1.807, 2.05) is 73.0 Å². The highest BCUT2D eigenvalue weighted by Gasteiger charge is 2.61. The highest BCUT2D eigenvalue weighted by atomic mass is 32.1. The van der Waals surface area contributed by atoms with Gasteiger partial charge in [0.1, 0.15) is 17.5 Å². The number of nitrogens with zero attached hydrogens (tertiary/aromatic N) is 3. The fourth-order valence-electron chi connectivity index (χ4n) is 7.93. The van der Waals surface area contributed by atoms with Crippen molar-refractivity contribution in [3.05, 3.63) is 83.3 Å². The topological polar surface area (TPSA) is 122 Å². The maximum absolute atomic E-state index is 14.7. The molecule has 0 radical (unpaired) electrons. The Kier molecular flexibility index (Phi) is 10.5. The second-order valence-electron chi connectivity index (χ2n) is 15.2. The van der Waals surface area contributed by atoms with Crippen molar-refractivity contribution in [3.8, 4) is 17.1 Å². The number of fused-ring (bicyclic) bond motifs is 3. The molecule has 2 fully saturated rings. The number of thiazole rings is 1. The first kappa shape index (κ1) is 35.8. The summed E-state index contributed by atoms with van der Waals surface area (Å²) in [5.41, 5.74) is 3.23. The van der Waals surface area contributed by atoms with Gasteiger partial charge in [0.25, 0.3) is 0 Å². The number of anilines is 1. The number of benzene rings is 2. The van der Waals surface area contributed by atoms with Crippen LogP contribution >= 0.6 is 11.3 Å². The first-order chi connectivity index (χ1) is 25.1. The Labute approximate surface area is 309 Å². The van der Waals surface area contributed by atoms with Gasteiger partial charge in [-0.3, -0.25) is 14.4 Å². The van der Waals surface area contributed by atoms with E-state index >= 15 is 0 Å². The van der Waals surface area contributed by atoms with Gasteiger partial charge in [0.15, 0.2) is 10.9 Å². The van der Waals surface area contributed by atoms with Crippen LogP contribution in [0.25, 0.3) is 22.3 Å². The molecule has 0 unspecified atom stereocenters. The number of allylic oxidation sites excluding steroid dienone is 2. The average molecular weight is 721 g/mol. The fraction of sp³-hybridized carbons (Fsp3) is 0.452. The SMILES string of the molecule is Cc1ccc2c(O[C@@H]3C[C@H]4C(=O)C[C@]5(C(=O)O)C[C@H]5/C=C\CCCCC[C@H](Cc5ccccc5)C(=O)N4C3)cc(-c3csc(NC(C)C)n3)nc2c1. The number of aliphatic carboxylic acids is 1. The number of carbonyl (C=O) groups excluding carboxylic acids is 2. The predicted octanol–water partition coefficient (Wildman–Crippen LogP) is 8.26. The second kappa shape index (κ2) is 15.2. The quantitative estimate of drug-likeness (QED) is 0.175. The lowest BCUT2D eigenvalue weighted by Crippen LogP contribution is -2.45. The van der Waals surface area contributed by atoms with Crippen molar-refractivity contribution in [1.82, 2.24) is 14.9 Å². The summed E-state index contributed by atoms with van der Waals surface area (Å²) in [5.74, 6) is -1.04. The van der Waals surface area contributed by atoms with Crippen LogP contribution in [0.2, 0.25) is 0 Å². The molecule has 10 heteroatoms. The Morgan fingerprint density at radius 3 is 2.69 bits per heavy atom. The molecule has 52 heavy (non-hydrogen) atoms. The average Bonchev–Trinajstić information content (AvgIpc) is 3.39. The van der Waals surface area contributed by atoms with E-state index in [1.54, 1.807) is 4.90 Å². The predicted molar refractivity (Wildman–Crippen MR) is 205 cm³/mol. The van der Waals surface area contributed by atoms with Crippen LogP contribution in [0.4, 0.5) is 5.13 Å². The van der Waals surface area contributed by atoms with Crippen LogP contribution < -0.4 is 10.1 Å². The highest BCUT2D eigenvalue weighted by molar-refractivity contribution is 7.14. The lowest BCUT2D eigenvalue weighted by atomic mass is 9.90. The molecule has 7 rings (SSSR count). The van der Waals surface area contributed by atoms with Gasteiger partial charge >= 0.3 is 5.97 Å². The van der Waals surface area contributed by atoms with E-state index in [0.29, 0.717) is 30.7 Å². The van der Waals surface area contributed by atoms with Gasteiger partial charge in [-0.1, -0.05) is 61.4 Å². The Bertz CT molecular complexity index is 1980. The minimum atomic E-state index is -1.12. The number of aromatic nitrogens is 2. The summed E-state index contributed by atoms with van der Waals surface area (Å²) >= 11 is 1.52. The fourth-order valence-corrected chi connectivity index (χ4v) is 8.78. The molecule has 2 aromatic carbocycles. The van der Waals surface area contributed by atoms with E-state index in [0.717, 1.165) is 65.0 Å². The third kappa shape index (κ3) is 7.77. The molecule has 2 aliphatic heterocycles. The third-order valence-electron chi connectivity index (χ3n) is 10.8. The zero-order chi connectivity index (χ0) is 36.4. The zero-order valence-electron chi connectivity index (χ0n) is 30.2. The van der Waals surface area contributed by atoms with Crippen molar-refractivity contribution >= 4 is 45.0 Å². The van der Waals surface area contributed by atoms with Crippen LogP contribution in [-0.4, -0.2) is 62.4 Å². The summed E-state index contributed by atoms with van der Waals surface area (Å²) in [6.07, 6.45) is 9.30. The number of aryl methyl sites for hydroxylation is 1. The number of Topliss-reactive ketones (excluding diaryl/α,β-unsaturated/α-hetero) is 1. The number of carboxylic acids is 1. The number of carboxylic acid groups (broad SMARTS) is 1. The van der Waals surface area contributed by atoms with Crippen LogP contribution in [0, 0.1) is 24.2 Å². The number of pyridine rings is 1. The number of amides is 1. The maximum Gasteiger partial charge on any atom is 0.310 e. The molecule has 1 saturated carbocycles. The van der Waals surface area contributed by atoms with Gasteiger partial charge in [-0.15, -0.1) is 11.3 Å². The van der Waals surface area contributed by atoms with Gasteiger partial charge in [0, 0.05) is 41.6 Å². The number of nitrogens with one attached hydrogen (secondary N) is 1. The molecule has 3 aliphatic rings. The lowest BCUT2D eigenvalue weighted by Gasteiger charge is -2.29. The van der Waals surface area contributed by atoms with Gasteiger partial charge in [-0.25, -0.2) is 9.97 Å². The van der Waals surface area contributed by atoms with Crippen LogP contribution in [0.1, 0.15) is 76.3 Å². The standard InChI is InChI=1S/C42H48N4O5S/c1-26(2)43-41-45-35(25-52-41)34-21-38(32-17-16-27(3)18-33(32)44-34)51-31-20-36-37(47)23-42(40(49)50)22-30(42)15-11-6-4-5-10-14-29(39(48)46(36)24-31)19-28-12-8-7-9-13-28/h7-9,11-13,15-18,21,25-26,29-31,36H,4-6,10,14,19-20,22-24H2,1-3H3,(H,43,45)(H,49,50)/b15-11-/t29-,30-,31-,36+,42-/m1/s1. The number of rotatable bonds is 8. The minimum absolute atomic E-state index is 0.0541. The molecular formula is C42H48N4O5S. The van der Waals surface area contributed by atoms with Gasteiger partial charge < -0.3 is 20.1 Å². The molecule has 1 saturated heterocycles. The number of carbonyl (C=O) groups is 3. The van der Waals surface area contributed by atoms with Gasteiger partial charge in [-0.05, 0) is 82.1 Å². The van der Waals surface area contributed by atoms with Gasteiger partial charge in [-0.2, -0.15) is 0 Å². The second-order valence-corrected chi connectivity index (χ2v) is 16.1. The van der Waals surface area contributed by atoms with E-state index < -0.39 is 23.5 Å². The number of hydrogen-bond donors (Lipinski definition) is 2. The Morgan fingerprint density at radius 2 is 1.90 bits per heavy atom. The molecular weight excluding hydrogens is 673 g/mol. The Hall–Kier alpha value is -4.57. The smallest absolute Gasteiger partial charge is 0.310 e. The first-order valence-corrected chi connectivity index (χ1v) is 19.6. The van der Waals surface area contributed by atoms with Crippen molar-refractivity contribution in [2.24, 2.45) is 17.3 Å². The monoisotopic (exact) mass is 720 g/mol. The van der Waals surface area contributed by atoms with E-state index in [4.69, 9.17) is 14.7 Å². The molecule has 1 amide bonds. The van der Waals surface area contributed by atoms with Gasteiger partial charge in [0.2, 0.25) is 5.91 Å². The van der Waals surface area contributed by atoms with Gasteiger partial charge in [0.05, 0.1) is 29.2 Å². The summed E-state index contributed by atoms with van der Waals surface area (Å²) in [5, 5.41) is 17.3. The number of ether oxygens (including phenoxy) is 1. The van der Waals surface area contributed by atoms with Crippen LogP contribution in [0.3, 0.4) is 0 Å². The molecule has 0 spiro atoms. The van der Waals surface area contributed by atoms with Crippen molar-refractivity contribution in [1.29, 1.82) is 0 Å². The first-order valence-electron chi connectivity index (χ1n) is 18.7. The summed E-state index contributed by atoms with van der Waals surface area (Å²) in [7, 11) is 0. The summed E-state index contributed by atoms with van der Waals surface area (Å²) < 4.78 is 6.81. The largest absolute Gasteiger partial charge is 0.488 e. The highest BCUT2D eigenvalue weighted by Crippen LogP contribution is 2.57. The van der Waals surface area contributed by atoms with E-state index in [2.05, 4.69) is 25.2 Å². The van der Waals surface area contributed by atoms with E-state index in [1.165, 1.54) is 11.3 Å². The van der Waals surface area contributed by atoms with Crippen molar-refractivity contribution in [3.63, 3.8) is 0 Å². The Balaban J connectivity index is 1.22. The maximum atomic E-state index is 14.7. The van der Waals surface area contributed by atoms with Crippen molar-refractivity contribution in [2.75, 3.05) is 11.9 Å². The van der Waals surface area contributed by atoms with Crippen molar-refractivity contribution in [2.45, 2.75) is 96.7 Å². The summed E-state index contributed by atoms with van der Waals surface area (Å²) in [4.78, 5) is 53.0. The van der Waals surface area contributed by atoms with Crippen molar-refractivity contribution < 1.29 is 24.2 Å².